The number of aldehydes is 1. The zero-order chi connectivity index (χ0) is 22.4. The van der Waals surface area contributed by atoms with Crippen LogP contribution in [0.4, 0.5) is 0 Å². The number of phenolic OH excluding ortho intramolecular Hbond substituents is 1. The van der Waals surface area contributed by atoms with Crippen molar-refractivity contribution in [2.24, 2.45) is 11.3 Å². The van der Waals surface area contributed by atoms with Crippen molar-refractivity contribution in [3.8, 4) is 11.5 Å². The molecule has 0 aliphatic heterocycles. The Morgan fingerprint density at radius 2 is 1.97 bits per heavy atom. The normalized spacial score (nSPS) is 23.0. The molecule has 0 bridgehead atoms. The molecule has 0 saturated heterocycles. The predicted octanol–water partition coefficient (Wildman–Crippen LogP) is 4.87. The monoisotopic (exact) mass is 409 g/mol. The van der Waals surface area contributed by atoms with Gasteiger partial charge in [-0.3, -0.25) is 14.4 Å². The molecule has 2 aliphatic rings. The van der Waals surface area contributed by atoms with E-state index in [2.05, 4.69) is 12.2 Å². The molecule has 0 aromatic heterocycles. The van der Waals surface area contributed by atoms with Crippen LogP contribution in [0, 0.1) is 11.3 Å². The minimum absolute atomic E-state index is 0.0417. The van der Waals surface area contributed by atoms with Gasteiger partial charge in [0.1, 0.15) is 5.75 Å². The zero-order valence-electron chi connectivity index (χ0n) is 18.3. The Balaban J connectivity index is 2.15. The number of hydrogen-bond donors (Lipinski definition) is 1. The number of allylic oxidation sites excluding steroid dienone is 4. The summed E-state index contributed by atoms with van der Waals surface area (Å²) in [6, 6.07) is 0. The van der Waals surface area contributed by atoms with E-state index < -0.39 is 22.8 Å². The minimum atomic E-state index is -0.947. The molecule has 5 heteroatoms. The SMILES string of the molecule is CC(C)=CCCC1=CCC2(C)C(=O)c3c(c(C=O)c(O)c([O-])c3C(C)C)C(=O)C2C1. The van der Waals surface area contributed by atoms with Gasteiger partial charge in [0.25, 0.3) is 0 Å². The topological polar surface area (TPSA) is 94.5 Å². The van der Waals surface area contributed by atoms with Gasteiger partial charge in [-0.15, -0.1) is 0 Å². The number of Topliss-reactive ketones (excluding diaryl/α,β-unsaturated/α-hetero) is 2. The van der Waals surface area contributed by atoms with Crippen LogP contribution in [-0.4, -0.2) is 23.0 Å². The molecule has 0 saturated carbocycles. The van der Waals surface area contributed by atoms with E-state index in [1.165, 1.54) is 5.57 Å². The fourth-order valence-corrected chi connectivity index (χ4v) is 4.82. The third-order valence-electron chi connectivity index (χ3n) is 6.58. The second-order valence-electron chi connectivity index (χ2n) is 9.28. The van der Waals surface area contributed by atoms with Crippen molar-refractivity contribution in [2.75, 3.05) is 0 Å². The summed E-state index contributed by atoms with van der Waals surface area (Å²) in [5.41, 5.74) is 1.17. The van der Waals surface area contributed by atoms with Gasteiger partial charge in [-0.1, -0.05) is 49.8 Å². The molecule has 1 aromatic rings. The summed E-state index contributed by atoms with van der Waals surface area (Å²) in [5.74, 6) is -3.02. The van der Waals surface area contributed by atoms with Crippen LogP contribution in [0.15, 0.2) is 23.3 Å². The van der Waals surface area contributed by atoms with Crippen molar-refractivity contribution in [1.29, 1.82) is 0 Å². The molecular formula is C25H29O5-. The van der Waals surface area contributed by atoms with Gasteiger partial charge in [0.15, 0.2) is 17.9 Å². The minimum Gasteiger partial charge on any atom is -0.870 e. The number of hydrogen-bond acceptors (Lipinski definition) is 5. The summed E-state index contributed by atoms with van der Waals surface area (Å²) in [7, 11) is 0. The standard InChI is InChI=1S/C25H30O5/c1-13(2)7-6-8-15-9-10-25(5)17(11-15)22(28)19-16(12-26)21(27)23(29)18(14(3)4)20(19)24(25)30/h7,9,12,14,17,27,29H,6,8,10-11H2,1-5H3/p-1. The Bertz CT molecular complexity index is 992. The Morgan fingerprint density at radius 1 is 1.30 bits per heavy atom. The van der Waals surface area contributed by atoms with Crippen LogP contribution in [0.3, 0.4) is 0 Å². The van der Waals surface area contributed by atoms with Crippen molar-refractivity contribution in [2.45, 2.75) is 66.2 Å². The summed E-state index contributed by atoms with van der Waals surface area (Å²) in [5, 5.41) is 23.1. The van der Waals surface area contributed by atoms with Gasteiger partial charge in [0.05, 0.1) is 5.56 Å². The molecule has 0 amide bonds. The van der Waals surface area contributed by atoms with Crippen LogP contribution < -0.4 is 5.11 Å². The van der Waals surface area contributed by atoms with E-state index in [4.69, 9.17) is 0 Å². The molecule has 160 valence electrons. The van der Waals surface area contributed by atoms with Crippen molar-refractivity contribution < 1.29 is 24.6 Å². The van der Waals surface area contributed by atoms with Gasteiger partial charge in [0.2, 0.25) is 0 Å². The lowest BCUT2D eigenvalue weighted by molar-refractivity contribution is -0.271. The molecule has 0 heterocycles. The van der Waals surface area contributed by atoms with Crippen molar-refractivity contribution in [1.82, 2.24) is 0 Å². The molecule has 1 N–H and O–H groups in total. The van der Waals surface area contributed by atoms with E-state index in [0.29, 0.717) is 19.1 Å². The van der Waals surface area contributed by atoms with Crippen LogP contribution >= 0.6 is 0 Å². The number of ketones is 2. The maximum atomic E-state index is 13.7. The maximum absolute atomic E-state index is 13.7. The summed E-state index contributed by atoms with van der Waals surface area (Å²) in [6.45, 7) is 9.34. The lowest BCUT2D eigenvalue weighted by Gasteiger charge is -2.44. The quantitative estimate of drug-likeness (QED) is 0.553. The number of carbonyl (C=O) groups is 3. The van der Waals surface area contributed by atoms with Crippen LogP contribution in [0.25, 0.3) is 0 Å². The third-order valence-corrected chi connectivity index (χ3v) is 6.58. The van der Waals surface area contributed by atoms with E-state index in [-0.39, 0.29) is 39.7 Å². The molecule has 5 nitrogen and oxygen atoms in total. The fraction of sp³-hybridized carbons (Fsp3) is 0.480. The van der Waals surface area contributed by atoms with E-state index in [0.717, 1.165) is 18.4 Å². The second kappa shape index (κ2) is 7.86. The highest BCUT2D eigenvalue weighted by molar-refractivity contribution is 6.22. The Morgan fingerprint density at radius 3 is 2.53 bits per heavy atom. The lowest BCUT2D eigenvalue weighted by atomic mass is 9.57. The van der Waals surface area contributed by atoms with Crippen molar-refractivity contribution in [3.63, 3.8) is 0 Å². The van der Waals surface area contributed by atoms with E-state index in [1.54, 1.807) is 20.8 Å². The number of carbonyl (C=O) groups excluding carboxylic acids is 3. The summed E-state index contributed by atoms with van der Waals surface area (Å²) in [4.78, 5) is 39.0. The Hall–Kier alpha value is -2.69. The number of phenols is 1. The first-order valence-corrected chi connectivity index (χ1v) is 10.5. The molecule has 2 atom stereocenters. The molecule has 3 rings (SSSR count). The highest BCUT2D eigenvalue weighted by Crippen LogP contribution is 2.53. The number of aromatic hydroxyl groups is 1. The highest BCUT2D eigenvalue weighted by atomic mass is 16.3. The summed E-state index contributed by atoms with van der Waals surface area (Å²) >= 11 is 0. The van der Waals surface area contributed by atoms with Crippen molar-refractivity contribution >= 4 is 17.9 Å². The predicted molar refractivity (Wildman–Crippen MR) is 113 cm³/mol. The molecule has 30 heavy (non-hydrogen) atoms. The van der Waals surface area contributed by atoms with Gasteiger partial charge < -0.3 is 10.2 Å². The Kier molecular flexibility index (Phi) is 5.76. The van der Waals surface area contributed by atoms with Gasteiger partial charge in [0, 0.05) is 22.5 Å². The summed E-state index contributed by atoms with van der Waals surface area (Å²) in [6.07, 6.45) is 7.08. The first kappa shape index (κ1) is 22.0. The molecule has 2 unspecified atom stereocenters. The number of fused-ring (bicyclic) bond motifs is 2. The van der Waals surface area contributed by atoms with E-state index in [9.17, 15) is 24.6 Å². The van der Waals surface area contributed by atoms with Gasteiger partial charge in [-0.2, -0.15) is 0 Å². The Labute approximate surface area is 177 Å². The number of rotatable bonds is 5. The lowest BCUT2D eigenvalue weighted by Crippen LogP contribution is -2.47. The molecular weight excluding hydrogens is 380 g/mol. The van der Waals surface area contributed by atoms with Crippen LogP contribution in [-0.2, 0) is 0 Å². The van der Waals surface area contributed by atoms with Gasteiger partial charge in [-0.05, 0) is 51.0 Å². The number of benzene rings is 1. The molecule has 0 spiro atoms. The summed E-state index contributed by atoms with van der Waals surface area (Å²) < 4.78 is 0. The fourth-order valence-electron chi connectivity index (χ4n) is 4.82. The molecule has 0 radical (unpaired) electrons. The first-order valence-electron chi connectivity index (χ1n) is 10.5. The maximum Gasteiger partial charge on any atom is 0.170 e. The molecule has 0 fully saturated rings. The zero-order valence-corrected chi connectivity index (χ0v) is 18.3. The van der Waals surface area contributed by atoms with Crippen LogP contribution in [0.1, 0.15) is 103 Å². The molecule has 2 aliphatic carbocycles. The van der Waals surface area contributed by atoms with Gasteiger partial charge in [-0.25, -0.2) is 0 Å². The molecule has 1 aromatic carbocycles. The van der Waals surface area contributed by atoms with Crippen LogP contribution in [0.2, 0.25) is 0 Å². The largest absolute Gasteiger partial charge is 0.870 e. The second-order valence-corrected chi connectivity index (χ2v) is 9.28. The van der Waals surface area contributed by atoms with E-state index in [1.807, 2.05) is 13.8 Å². The third kappa shape index (κ3) is 3.30. The first-order chi connectivity index (χ1) is 14.0. The average molecular weight is 410 g/mol. The highest BCUT2D eigenvalue weighted by Gasteiger charge is 2.53. The average Bonchev–Trinajstić information content (AvgIpc) is 2.68. The van der Waals surface area contributed by atoms with Crippen molar-refractivity contribution in [3.05, 3.63) is 45.6 Å². The van der Waals surface area contributed by atoms with E-state index >= 15 is 0 Å². The van der Waals surface area contributed by atoms with Crippen LogP contribution in [0.5, 0.6) is 11.5 Å². The smallest absolute Gasteiger partial charge is 0.170 e. The van der Waals surface area contributed by atoms with Gasteiger partial charge >= 0.3 is 0 Å².